The Morgan fingerprint density at radius 2 is 1.75 bits per heavy atom. The summed E-state index contributed by atoms with van der Waals surface area (Å²) in [4.78, 5) is 17.0. The van der Waals surface area contributed by atoms with E-state index < -0.39 is 0 Å². The summed E-state index contributed by atoms with van der Waals surface area (Å²) < 4.78 is 11.5. The van der Waals surface area contributed by atoms with E-state index in [9.17, 15) is 4.79 Å². The summed E-state index contributed by atoms with van der Waals surface area (Å²) >= 11 is 0. The lowest BCUT2D eigenvalue weighted by Gasteiger charge is -2.41. The van der Waals surface area contributed by atoms with Crippen molar-refractivity contribution in [3.05, 3.63) is 60.2 Å². The van der Waals surface area contributed by atoms with Gasteiger partial charge in [-0.3, -0.25) is 9.69 Å². The molecular weight excluding hydrogens is 352 g/mol. The lowest BCUT2D eigenvalue weighted by molar-refractivity contribution is -0.133. The van der Waals surface area contributed by atoms with Gasteiger partial charge in [-0.05, 0) is 24.6 Å². The van der Waals surface area contributed by atoms with Gasteiger partial charge in [-0.2, -0.15) is 0 Å². The van der Waals surface area contributed by atoms with Gasteiger partial charge in [-0.1, -0.05) is 36.4 Å². The van der Waals surface area contributed by atoms with Crippen molar-refractivity contribution in [1.82, 2.24) is 9.80 Å². The molecule has 28 heavy (non-hydrogen) atoms. The number of fused-ring (bicyclic) bond motifs is 1. The molecule has 2 heterocycles. The molecule has 2 aliphatic rings. The maximum Gasteiger partial charge on any atom is 0.222 e. The Balaban J connectivity index is 1.21. The maximum atomic E-state index is 12.5. The second kappa shape index (κ2) is 9.11. The van der Waals surface area contributed by atoms with Gasteiger partial charge in [0.1, 0.15) is 11.5 Å². The van der Waals surface area contributed by atoms with Crippen molar-refractivity contribution in [3.8, 4) is 11.5 Å². The highest BCUT2D eigenvalue weighted by molar-refractivity contribution is 5.76. The first-order valence-corrected chi connectivity index (χ1v) is 10.2. The number of benzene rings is 2. The first-order valence-electron chi connectivity index (χ1n) is 10.2. The van der Waals surface area contributed by atoms with Gasteiger partial charge in [0, 0.05) is 50.6 Å². The van der Waals surface area contributed by atoms with Crippen LogP contribution in [0, 0.1) is 0 Å². The zero-order valence-corrected chi connectivity index (χ0v) is 16.3. The van der Waals surface area contributed by atoms with Crippen molar-refractivity contribution in [2.45, 2.75) is 25.3 Å². The number of hydrogen-bond donors (Lipinski definition) is 0. The molecule has 0 aromatic heterocycles. The molecule has 1 amide bonds. The van der Waals surface area contributed by atoms with Gasteiger partial charge in [0.2, 0.25) is 5.91 Å². The lowest BCUT2D eigenvalue weighted by Crippen LogP contribution is -2.50. The van der Waals surface area contributed by atoms with E-state index in [2.05, 4.69) is 23.1 Å². The van der Waals surface area contributed by atoms with E-state index in [-0.39, 0.29) is 5.91 Å². The van der Waals surface area contributed by atoms with E-state index in [1.807, 2.05) is 41.3 Å². The Labute approximate surface area is 166 Å². The standard InChI is InChI=1S/C23H28N2O3/c26-23(11-6-17-27-19-7-2-1-3-8-19)25-15-13-24(14-16-25)21-12-18-28-22-10-5-4-9-20(21)22/h1-5,7-10,21H,6,11-18H2. The highest BCUT2D eigenvalue weighted by Crippen LogP contribution is 2.36. The topological polar surface area (TPSA) is 42.0 Å². The van der Waals surface area contributed by atoms with Gasteiger partial charge >= 0.3 is 0 Å². The van der Waals surface area contributed by atoms with Crippen molar-refractivity contribution < 1.29 is 14.3 Å². The van der Waals surface area contributed by atoms with Crippen molar-refractivity contribution in [1.29, 1.82) is 0 Å². The zero-order valence-electron chi connectivity index (χ0n) is 16.3. The highest BCUT2D eigenvalue weighted by atomic mass is 16.5. The van der Waals surface area contributed by atoms with E-state index in [0.29, 0.717) is 19.1 Å². The zero-order chi connectivity index (χ0) is 19.2. The SMILES string of the molecule is O=C(CCCOc1ccccc1)N1CCN(C2CCOc3ccccc32)CC1. The molecule has 2 aromatic rings. The largest absolute Gasteiger partial charge is 0.494 e. The van der Waals surface area contributed by atoms with Crippen LogP contribution in [0.5, 0.6) is 11.5 Å². The van der Waals surface area contributed by atoms with Gasteiger partial charge in [-0.25, -0.2) is 0 Å². The van der Waals surface area contributed by atoms with Crippen LogP contribution in [0.4, 0.5) is 0 Å². The van der Waals surface area contributed by atoms with Crippen molar-refractivity contribution >= 4 is 5.91 Å². The normalized spacial score (nSPS) is 19.6. The highest BCUT2D eigenvalue weighted by Gasteiger charge is 2.30. The van der Waals surface area contributed by atoms with Crippen LogP contribution < -0.4 is 9.47 Å². The minimum atomic E-state index is 0.240. The third-order valence-electron chi connectivity index (χ3n) is 5.58. The summed E-state index contributed by atoms with van der Waals surface area (Å²) in [6.45, 7) is 4.79. The average Bonchev–Trinajstić information content (AvgIpc) is 2.77. The summed E-state index contributed by atoms with van der Waals surface area (Å²) in [5.41, 5.74) is 1.28. The monoisotopic (exact) mass is 380 g/mol. The Bertz CT molecular complexity index is 772. The summed E-state index contributed by atoms with van der Waals surface area (Å²) in [6.07, 6.45) is 2.32. The van der Waals surface area contributed by atoms with Crippen LogP contribution in [0.15, 0.2) is 54.6 Å². The summed E-state index contributed by atoms with van der Waals surface area (Å²) in [6, 6.07) is 18.5. The van der Waals surface area contributed by atoms with Crippen LogP contribution in [0.1, 0.15) is 30.9 Å². The predicted octanol–water partition coefficient (Wildman–Crippen LogP) is 3.51. The second-order valence-corrected chi connectivity index (χ2v) is 7.37. The quantitative estimate of drug-likeness (QED) is 0.719. The Morgan fingerprint density at radius 3 is 2.57 bits per heavy atom. The van der Waals surface area contributed by atoms with Gasteiger partial charge in [0.05, 0.1) is 13.2 Å². The van der Waals surface area contributed by atoms with Crippen LogP contribution in [0.25, 0.3) is 0 Å². The average molecular weight is 380 g/mol. The first-order chi connectivity index (χ1) is 13.8. The van der Waals surface area contributed by atoms with Gasteiger partial charge in [0.25, 0.3) is 0 Å². The van der Waals surface area contributed by atoms with Crippen LogP contribution in [0.3, 0.4) is 0 Å². The molecule has 0 spiro atoms. The summed E-state index contributed by atoms with van der Waals surface area (Å²) in [5.74, 6) is 2.11. The molecule has 2 aromatic carbocycles. The van der Waals surface area contributed by atoms with Crippen LogP contribution in [0.2, 0.25) is 0 Å². The van der Waals surface area contributed by atoms with Crippen LogP contribution in [-0.4, -0.2) is 55.1 Å². The number of amides is 1. The molecule has 0 N–H and O–H groups in total. The molecule has 1 unspecified atom stereocenters. The Morgan fingerprint density at radius 1 is 1.00 bits per heavy atom. The van der Waals surface area contributed by atoms with Gasteiger partial charge in [0.15, 0.2) is 0 Å². The molecular formula is C23H28N2O3. The van der Waals surface area contributed by atoms with E-state index >= 15 is 0 Å². The number of piperazine rings is 1. The molecule has 1 atom stereocenters. The van der Waals surface area contributed by atoms with E-state index in [4.69, 9.17) is 9.47 Å². The number of rotatable bonds is 6. The number of nitrogens with zero attached hydrogens (tertiary/aromatic N) is 2. The minimum Gasteiger partial charge on any atom is -0.494 e. The molecule has 4 rings (SSSR count). The number of para-hydroxylation sites is 2. The fourth-order valence-corrected chi connectivity index (χ4v) is 4.07. The van der Waals surface area contributed by atoms with Gasteiger partial charge in [-0.15, -0.1) is 0 Å². The fourth-order valence-electron chi connectivity index (χ4n) is 4.07. The maximum absolute atomic E-state index is 12.5. The molecule has 148 valence electrons. The molecule has 2 aliphatic heterocycles. The lowest BCUT2D eigenvalue weighted by atomic mass is 9.98. The molecule has 0 saturated carbocycles. The fraction of sp³-hybridized carbons (Fsp3) is 0.435. The van der Waals surface area contributed by atoms with E-state index in [0.717, 1.165) is 57.1 Å². The third-order valence-corrected chi connectivity index (χ3v) is 5.58. The summed E-state index contributed by atoms with van der Waals surface area (Å²) in [5, 5.41) is 0. The number of carbonyl (C=O) groups is 1. The van der Waals surface area contributed by atoms with Gasteiger partial charge < -0.3 is 14.4 Å². The first kappa shape index (κ1) is 18.8. The molecule has 5 nitrogen and oxygen atoms in total. The molecule has 0 aliphatic carbocycles. The summed E-state index contributed by atoms with van der Waals surface area (Å²) in [7, 11) is 0. The minimum absolute atomic E-state index is 0.240. The molecule has 1 fully saturated rings. The molecule has 1 saturated heterocycles. The smallest absolute Gasteiger partial charge is 0.222 e. The van der Waals surface area contributed by atoms with Crippen molar-refractivity contribution in [2.75, 3.05) is 39.4 Å². The van der Waals surface area contributed by atoms with E-state index in [1.165, 1.54) is 5.56 Å². The van der Waals surface area contributed by atoms with Crippen molar-refractivity contribution in [2.24, 2.45) is 0 Å². The molecule has 0 bridgehead atoms. The molecule has 0 radical (unpaired) electrons. The number of ether oxygens (including phenoxy) is 2. The second-order valence-electron chi connectivity index (χ2n) is 7.37. The van der Waals surface area contributed by atoms with Crippen LogP contribution in [-0.2, 0) is 4.79 Å². The number of carbonyl (C=O) groups excluding carboxylic acids is 1. The van der Waals surface area contributed by atoms with Crippen LogP contribution >= 0.6 is 0 Å². The van der Waals surface area contributed by atoms with Crippen molar-refractivity contribution in [3.63, 3.8) is 0 Å². The van der Waals surface area contributed by atoms with E-state index in [1.54, 1.807) is 0 Å². The predicted molar refractivity (Wildman–Crippen MR) is 109 cm³/mol. The number of hydrogen-bond acceptors (Lipinski definition) is 4. The Hall–Kier alpha value is -2.53. The Kier molecular flexibility index (Phi) is 6.12. The third kappa shape index (κ3) is 4.47. The molecule has 5 heteroatoms.